The molecule has 0 atom stereocenters. The van der Waals surface area contributed by atoms with Gasteiger partial charge in [0.05, 0.1) is 17.3 Å². The number of carbonyl (C=O) groups is 1. The molecular formula is C20H18N4O2. The second kappa shape index (κ2) is 7.53. The molecule has 0 aliphatic heterocycles. The maximum absolute atomic E-state index is 12.5. The first-order chi connectivity index (χ1) is 12.6. The number of hydrogen-bond acceptors (Lipinski definition) is 4. The first-order valence-electron chi connectivity index (χ1n) is 8.09. The van der Waals surface area contributed by atoms with E-state index in [1.807, 2.05) is 25.1 Å². The van der Waals surface area contributed by atoms with Gasteiger partial charge in [-0.3, -0.25) is 9.48 Å². The van der Waals surface area contributed by atoms with E-state index >= 15 is 0 Å². The van der Waals surface area contributed by atoms with Crippen LogP contribution in [0.3, 0.4) is 0 Å². The van der Waals surface area contributed by atoms with E-state index < -0.39 is 0 Å². The number of nitrogens with one attached hydrogen (secondary N) is 1. The monoisotopic (exact) mass is 346 g/mol. The van der Waals surface area contributed by atoms with Crippen molar-refractivity contribution >= 4 is 11.7 Å². The van der Waals surface area contributed by atoms with Crippen molar-refractivity contribution in [1.29, 1.82) is 5.26 Å². The quantitative estimate of drug-likeness (QED) is 0.767. The van der Waals surface area contributed by atoms with E-state index in [1.165, 1.54) is 0 Å². The van der Waals surface area contributed by atoms with Crippen LogP contribution in [0, 0.1) is 18.3 Å². The average molecular weight is 346 g/mol. The Labute approximate surface area is 151 Å². The molecule has 3 rings (SSSR count). The average Bonchev–Trinajstić information content (AvgIpc) is 2.97. The fourth-order valence-electron chi connectivity index (χ4n) is 2.56. The molecule has 1 N–H and O–H groups in total. The van der Waals surface area contributed by atoms with Crippen molar-refractivity contribution in [3.8, 4) is 11.8 Å². The van der Waals surface area contributed by atoms with Gasteiger partial charge >= 0.3 is 0 Å². The van der Waals surface area contributed by atoms with Crippen LogP contribution in [0.4, 0.5) is 5.82 Å². The summed E-state index contributed by atoms with van der Waals surface area (Å²) in [5, 5.41) is 16.2. The first-order valence-corrected chi connectivity index (χ1v) is 8.09. The molecule has 0 aliphatic carbocycles. The Morgan fingerprint density at radius 2 is 2.04 bits per heavy atom. The standard InChI is InChI=1S/C20H18N4O2/c1-14-10-19(24(2)23-14)22-20(25)15-8-5-9-18(11-15)26-13-17-7-4-3-6-16(17)12-21/h3-11H,13H2,1-2H3,(H,22,25). The van der Waals surface area contributed by atoms with Crippen molar-refractivity contribution in [1.82, 2.24) is 9.78 Å². The Kier molecular flexibility index (Phi) is 4.99. The lowest BCUT2D eigenvalue weighted by molar-refractivity contribution is 0.102. The third kappa shape index (κ3) is 3.90. The zero-order valence-electron chi connectivity index (χ0n) is 14.6. The molecule has 6 nitrogen and oxygen atoms in total. The normalized spacial score (nSPS) is 10.2. The van der Waals surface area contributed by atoms with Crippen LogP contribution in [0.2, 0.25) is 0 Å². The molecule has 130 valence electrons. The van der Waals surface area contributed by atoms with E-state index in [4.69, 9.17) is 10.00 Å². The van der Waals surface area contributed by atoms with Crippen LogP contribution < -0.4 is 10.1 Å². The van der Waals surface area contributed by atoms with Crippen molar-refractivity contribution in [3.05, 3.63) is 77.0 Å². The summed E-state index contributed by atoms with van der Waals surface area (Å²) in [6.07, 6.45) is 0. The fourth-order valence-corrected chi connectivity index (χ4v) is 2.56. The molecule has 0 bridgehead atoms. The van der Waals surface area contributed by atoms with E-state index in [1.54, 1.807) is 48.1 Å². The van der Waals surface area contributed by atoms with Crippen molar-refractivity contribution in [2.45, 2.75) is 13.5 Å². The highest BCUT2D eigenvalue weighted by Crippen LogP contribution is 2.18. The third-order valence-corrected chi connectivity index (χ3v) is 3.87. The summed E-state index contributed by atoms with van der Waals surface area (Å²) in [5.74, 6) is 0.948. The molecule has 0 saturated heterocycles. The topological polar surface area (TPSA) is 79.9 Å². The van der Waals surface area contributed by atoms with Crippen LogP contribution in [0.15, 0.2) is 54.6 Å². The molecular weight excluding hydrogens is 328 g/mol. The molecule has 0 fully saturated rings. The van der Waals surface area contributed by atoms with Crippen LogP contribution >= 0.6 is 0 Å². The number of aromatic nitrogens is 2. The van der Waals surface area contributed by atoms with E-state index in [9.17, 15) is 4.79 Å². The number of rotatable bonds is 5. The van der Waals surface area contributed by atoms with Crippen molar-refractivity contribution in [2.24, 2.45) is 7.05 Å². The summed E-state index contributed by atoms with van der Waals surface area (Å²) < 4.78 is 7.37. The SMILES string of the molecule is Cc1cc(NC(=O)c2cccc(OCc3ccccc3C#N)c2)n(C)n1. The predicted molar refractivity (Wildman–Crippen MR) is 97.8 cm³/mol. The second-order valence-corrected chi connectivity index (χ2v) is 5.83. The first kappa shape index (κ1) is 17.2. The van der Waals surface area contributed by atoms with E-state index in [-0.39, 0.29) is 12.5 Å². The highest BCUT2D eigenvalue weighted by molar-refractivity contribution is 6.04. The van der Waals surface area contributed by atoms with Gasteiger partial charge in [0.1, 0.15) is 18.2 Å². The van der Waals surface area contributed by atoms with E-state index in [2.05, 4.69) is 16.5 Å². The van der Waals surface area contributed by atoms with Crippen LogP contribution in [-0.4, -0.2) is 15.7 Å². The smallest absolute Gasteiger partial charge is 0.256 e. The highest BCUT2D eigenvalue weighted by Gasteiger charge is 2.11. The van der Waals surface area contributed by atoms with Crippen molar-refractivity contribution < 1.29 is 9.53 Å². The number of aryl methyl sites for hydroxylation is 2. The van der Waals surface area contributed by atoms with Gasteiger partial charge in [0.15, 0.2) is 0 Å². The van der Waals surface area contributed by atoms with E-state index in [0.717, 1.165) is 11.3 Å². The Morgan fingerprint density at radius 3 is 2.77 bits per heavy atom. The number of benzene rings is 2. The maximum atomic E-state index is 12.5. The van der Waals surface area contributed by atoms with Gasteiger partial charge in [0, 0.05) is 24.2 Å². The lowest BCUT2D eigenvalue weighted by Gasteiger charge is -2.09. The van der Waals surface area contributed by atoms with Gasteiger partial charge in [0.25, 0.3) is 5.91 Å². The molecule has 6 heteroatoms. The highest BCUT2D eigenvalue weighted by atomic mass is 16.5. The fraction of sp³-hybridized carbons (Fsp3) is 0.150. The second-order valence-electron chi connectivity index (χ2n) is 5.83. The number of anilines is 1. The maximum Gasteiger partial charge on any atom is 0.256 e. The van der Waals surface area contributed by atoms with Gasteiger partial charge in [-0.25, -0.2) is 0 Å². The molecule has 0 saturated carbocycles. The summed E-state index contributed by atoms with van der Waals surface area (Å²) in [6.45, 7) is 2.12. The molecule has 1 aromatic heterocycles. The minimum Gasteiger partial charge on any atom is -0.489 e. The number of ether oxygens (including phenoxy) is 1. The van der Waals surface area contributed by atoms with Crippen molar-refractivity contribution in [2.75, 3.05) is 5.32 Å². The van der Waals surface area contributed by atoms with Gasteiger partial charge in [-0.15, -0.1) is 0 Å². The summed E-state index contributed by atoms with van der Waals surface area (Å²) in [5.41, 5.74) is 2.69. The zero-order valence-corrected chi connectivity index (χ0v) is 14.6. The molecule has 0 aliphatic rings. The number of carbonyl (C=O) groups excluding carboxylic acids is 1. The lowest BCUT2D eigenvalue weighted by Crippen LogP contribution is -2.14. The molecule has 0 radical (unpaired) electrons. The number of hydrogen-bond donors (Lipinski definition) is 1. The lowest BCUT2D eigenvalue weighted by atomic mass is 10.1. The van der Waals surface area contributed by atoms with E-state index in [0.29, 0.717) is 22.7 Å². The molecule has 1 heterocycles. The Balaban J connectivity index is 1.71. The summed E-state index contributed by atoms with van der Waals surface area (Å²) >= 11 is 0. The zero-order chi connectivity index (χ0) is 18.5. The molecule has 0 unspecified atom stereocenters. The largest absolute Gasteiger partial charge is 0.489 e. The molecule has 1 amide bonds. The van der Waals surface area contributed by atoms with Crippen LogP contribution in [0.1, 0.15) is 27.2 Å². The number of amides is 1. The van der Waals surface area contributed by atoms with Gasteiger partial charge in [0.2, 0.25) is 0 Å². The van der Waals surface area contributed by atoms with Gasteiger partial charge in [-0.05, 0) is 31.2 Å². The Bertz CT molecular complexity index is 985. The van der Waals surface area contributed by atoms with Crippen molar-refractivity contribution in [3.63, 3.8) is 0 Å². The predicted octanol–water partition coefficient (Wildman–Crippen LogP) is 3.43. The van der Waals surface area contributed by atoms with Gasteiger partial charge in [-0.1, -0.05) is 24.3 Å². The number of nitriles is 1. The molecule has 2 aromatic carbocycles. The minimum atomic E-state index is -0.240. The summed E-state index contributed by atoms with van der Waals surface area (Å²) in [7, 11) is 1.77. The molecule has 3 aromatic rings. The molecule has 26 heavy (non-hydrogen) atoms. The summed E-state index contributed by atoms with van der Waals surface area (Å²) in [6, 6.07) is 18.1. The van der Waals surface area contributed by atoms with Crippen LogP contribution in [0.5, 0.6) is 5.75 Å². The number of nitrogens with zero attached hydrogens (tertiary/aromatic N) is 3. The molecule has 0 spiro atoms. The van der Waals surface area contributed by atoms with Crippen LogP contribution in [0.25, 0.3) is 0 Å². The third-order valence-electron chi connectivity index (χ3n) is 3.87. The van der Waals surface area contributed by atoms with Gasteiger partial charge in [-0.2, -0.15) is 10.4 Å². The minimum absolute atomic E-state index is 0.240. The summed E-state index contributed by atoms with van der Waals surface area (Å²) in [4.78, 5) is 12.5. The Morgan fingerprint density at radius 1 is 1.23 bits per heavy atom. The van der Waals surface area contributed by atoms with Crippen LogP contribution in [-0.2, 0) is 13.7 Å². The van der Waals surface area contributed by atoms with Gasteiger partial charge < -0.3 is 10.1 Å². The Hall–Kier alpha value is -3.59.